The summed E-state index contributed by atoms with van der Waals surface area (Å²) in [5, 5.41) is 11.4. The van der Waals surface area contributed by atoms with E-state index in [1.165, 1.54) is 0 Å². The first kappa shape index (κ1) is 15.3. The van der Waals surface area contributed by atoms with E-state index in [9.17, 15) is 9.59 Å². The van der Waals surface area contributed by atoms with Gasteiger partial charge in [-0.25, -0.2) is 0 Å². The number of thiophene rings is 1. The van der Waals surface area contributed by atoms with Gasteiger partial charge >= 0.3 is 0 Å². The monoisotopic (exact) mass is 331 g/mol. The van der Waals surface area contributed by atoms with Crippen LogP contribution in [0.2, 0.25) is 0 Å². The van der Waals surface area contributed by atoms with Gasteiger partial charge in [0.25, 0.3) is 5.91 Å². The number of hydrogen-bond donors (Lipinski definition) is 2. The third kappa shape index (κ3) is 3.42. The van der Waals surface area contributed by atoms with Crippen molar-refractivity contribution in [3.8, 4) is 0 Å². The molecule has 0 aliphatic carbocycles. The summed E-state index contributed by atoms with van der Waals surface area (Å²) in [6.45, 7) is 1.02. The van der Waals surface area contributed by atoms with Crippen LogP contribution in [0.4, 0.5) is 0 Å². The molecule has 3 rings (SSSR count). The van der Waals surface area contributed by atoms with Gasteiger partial charge in [0.15, 0.2) is 0 Å². The Morgan fingerprint density at radius 3 is 2.96 bits per heavy atom. The number of rotatable bonds is 6. The van der Waals surface area contributed by atoms with Crippen LogP contribution in [0.1, 0.15) is 10.5 Å². The number of nitrogens with zero attached hydrogens (tertiary/aromatic N) is 3. The average Bonchev–Trinajstić information content (AvgIpc) is 3.24. The normalized spacial score (nSPS) is 10.8. The molecule has 2 N–H and O–H groups in total. The molecular weight excluding hydrogens is 314 g/mol. The predicted octanol–water partition coefficient (Wildman–Crippen LogP) is 0.982. The zero-order valence-corrected chi connectivity index (χ0v) is 13.5. The fourth-order valence-electron chi connectivity index (χ4n) is 2.32. The number of aromatic nitrogens is 3. The Bertz CT molecular complexity index is 818. The Morgan fingerprint density at radius 1 is 1.35 bits per heavy atom. The van der Waals surface area contributed by atoms with Crippen LogP contribution in [0, 0.1) is 0 Å². The van der Waals surface area contributed by atoms with Crippen molar-refractivity contribution in [2.75, 3.05) is 13.1 Å². The molecule has 0 unspecified atom stereocenters. The number of carbonyl (C=O) groups excluding carboxylic acids is 2. The molecule has 2 amide bonds. The Balaban J connectivity index is 1.47. The lowest BCUT2D eigenvalue weighted by molar-refractivity contribution is -0.120. The quantitative estimate of drug-likeness (QED) is 0.706. The molecule has 0 radical (unpaired) electrons. The Morgan fingerprint density at radius 2 is 2.22 bits per heavy atom. The van der Waals surface area contributed by atoms with Crippen molar-refractivity contribution in [1.29, 1.82) is 0 Å². The smallest absolute Gasteiger partial charge is 0.268 e. The Kier molecular flexibility index (Phi) is 4.42. The minimum Gasteiger partial charge on any atom is -0.353 e. The summed E-state index contributed by atoms with van der Waals surface area (Å²) in [7, 11) is 1.84. The van der Waals surface area contributed by atoms with Gasteiger partial charge in [-0.1, -0.05) is 0 Å². The molecule has 3 aromatic heterocycles. The van der Waals surface area contributed by atoms with Crippen molar-refractivity contribution in [3.63, 3.8) is 0 Å². The van der Waals surface area contributed by atoms with E-state index in [0.29, 0.717) is 18.8 Å². The molecule has 7 nitrogen and oxygen atoms in total. The molecule has 0 aliphatic rings. The number of amides is 2. The summed E-state index contributed by atoms with van der Waals surface area (Å²) < 4.78 is 4.62. The maximum Gasteiger partial charge on any atom is 0.268 e. The third-order valence-corrected chi connectivity index (χ3v) is 4.38. The predicted molar refractivity (Wildman–Crippen MR) is 88.4 cm³/mol. The van der Waals surface area contributed by atoms with Crippen LogP contribution in [0.25, 0.3) is 10.2 Å². The number of hydrogen-bond acceptors (Lipinski definition) is 4. The van der Waals surface area contributed by atoms with E-state index in [2.05, 4.69) is 15.7 Å². The first-order valence-corrected chi connectivity index (χ1v) is 8.08. The van der Waals surface area contributed by atoms with Gasteiger partial charge in [-0.05, 0) is 23.6 Å². The molecule has 3 aromatic rings. The van der Waals surface area contributed by atoms with Crippen molar-refractivity contribution >= 4 is 33.4 Å². The summed E-state index contributed by atoms with van der Waals surface area (Å²) in [6, 6.07) is 5.64. The minimum atomic E-state index is -0.252. The highest BCUT2D eigenvalue weighted by atomic mass is 32.1. The van der Waals surface area contributed by atoms with Gasteiger partial charge in [0.05, 0.1) is 23.3 Å². The van der Waals surface area contributed by atoms with Gasteiger partial charge in [0, 0.05) is 26.0 Å². The van der Waals surface area contributed by atoms with Crippen LogP contribution in [-0.2, 0) is 18.4 Å². The molecule has 0 spiro atoms. The molecule has 0 atom stereocenters. The van der Waals surface area contributed by atoms with Gasteiger partial charge < -0.3 is 15.2 Å². The minimum absolute atomic E-state index is 0.0449. The van der Waals surface area contributed by atoms with Crippen molar-refractivity contribution in [3.05, 3.63) is 41.7 Å². The summed E-state index contributed by atoms with van der Waals surface area (Å²) in [5.41, 5.74) is 1.57. The van der Waals surface area contributed by atoms with Crippen molar-refractivity contribution in [2.24, 2.45) is 7.05 Å². The van der Waals surface area contributed by atoms with Crippen LogP contribution in [0.15, 0.2) is 36.0 Å². The van der Waals surface area contributed by atoms with E-state index in [0.717, 1.165) is 10.2 Å². The average molecular weight is 331 g/mol. The topological polar surface area (TPSA) is 81.0 Å². The molecule has 0 fully saturated rings. The Hall–Kier alpha value is -2.61. The first-order valence-electron chi connectivity index (χ1n) is 7.20. The van der Waals surface area contributed by atoms with Crippen LogP contribution in [0.5, 0.6) is 0 Å². The maximum atomic E-state index is 12.2. The molecule has 0 saturated heterocycles. The second-order valence-electron chi connectivity index (χ2n) is 5.06. The largest absolute Gasteiger partial charge is 0.353 e. The number of aryl methyl sites for hydroxylation is 1. The SMILES string of the molecule is Cn1c(C(=O)NCC(=O)NCCn2cccn2)cc2sccc21. The molecule has 120 valence electrons. The molecule has 0 aromatic carbocycles. The second kappa shape index (κ2) is 6.66. The molecule has 0 bridgehead atoms. The zero-order valence-electron chi connectivity index (χ0n) is 12.7. The highest BCUT2D eigenvalue weighted by Gasteiger charge is 2.14. The van der Waals surface area contributed by atoms with Gasteiger partial charge in [0.2, 0.25) is 5.91 Å². The molecule has 23 heavy (non-hydrogen) atoms. The van der Waals surface area contributed by atoms with E-state index in [4.69, 9.17) is 0 Å². The van der Waals surface area contributed by atoms with E-state index in [-0.39, 0.29) is 18.4 Å². The second-order valence-corrected chi connectivity index (χ2v) is 6.01. The van der Waals surface area contributed by atoms with Crippen molar-refractivity contribution in [1.82, 2.24) is 25.0 Å². The van der Waals surface area contributed by atoms with Gasteiger partial charge in [-0.3, -0.25) is 14.3 Å². The Labute approximate surface area is 136 Å². The summed E-state index contributed by atoms with van der Waals surface area (Å²) >= 11 is 1.59. The fraction of sp³-hybridized carbons (Fsp3) is 0.267. The lowest BCUT2D eigenvalue weighted by Crippen LogP contribution is -2.38. The van der Waals surface area contributed by atoms with E-state index in [1.54, 1.807) is 22.2 Å². The van der Waals surface area contributed by atoms with Crippen LogP contribution in [0.3, 0.4) is 0 Å². The van der Waals surface area contributed by atoms with Gasteiger partial charge in [-0.15, -0.1) is 11.3 Å². The number of carbonyl (C=O) groups is 2. The highest BCUT2D eigenvalue weighted by Crippen LogP contribution is 2.23. The summed E-state index contributed by atoms with van der Waals surface area (Å²) in [5.74, 6) is -0.473. The molecule has 0 saturated carbocycles. The lowest BCUT2D eigenvalue weighted by atomic mass is 10.4. The fourth-order valence-corrected chi connectivity index (χ4v) is 3.17. The lowest BCUT2D eigenvalue weighted by Gasteiger charge is -2.08. The van der Waals surface area contributed by atoms with Crippen LogP contribution in [-0.4, -0.2) is 39.3 Å². The number of fused-ring (bicyclic) bond motifs is 1. The van der Waals surface area contributed by atoms with Crippen molar-refractivity contribution in [2.45, 2.75) is 6.54 Å². The summed E-state index contributed by atoms with van der Waals surface area (Å²) in [6.07, 6.45) is 3.52. The zero-order chi connectivity index (χ0) is 16.2. The van der Waals surface area contributed by atoms with E-state index < -0.39 is 0 Å². The third-order valence-electron chi connectivity index (χ3n) is 3.53. The molecule has 0 aliphatic heterocycles. The van der Waals surface area contributed by atoms with Crippen LogP contribution >= 0.6 is 11.3 Å². The number of nitrogens with one attached hydrogen (secondary N) is 2. The van der Waals surface area contributed by atoms with E-state index in [1.807, 2.05) is 41.4 Å². The van der Waals surface area contributed by atoms with Gasteiger partial charge in [-0.2, -0.15) is 5.10 Å². The van der Waals surface area contributed by atoms with Crippen LogP contribution < -0.4 is 10.6 Å². The standard InChI is InChI=1S/C15H17N5O2S/c1-19-11-3-8-23-13(11)9-12(19)15(22)17-10-14(21)16-5-7-20-6-2-4-18-20/h2-4,6,8-9H,5,7,10H2,1H3,(H,16,21)(H,17,22). The van der Waals surface area contributed by atoms with Crippen molar-refractivity contribution < 1.29 is 9.59 Å². The highest BCUT2D eigenvalue weighted by molar-refractivity contribution is 7.17. The molecule has 3 heterocycles. The molecule has 8 heteroatoms. The van der Waals surface area contributed by atoms with Gasteiger partial charge in [0.1, 0.15) is 5.69 Å². The first-order chi connectivity index (χ1) is 11.1. The van der Waals surface area contributed by atoms with E-state index >= 15 is 0 Å². The molecular formula is C15H17N5O2S. The summed E-state index contributed by atoms with van der Waals surface area (Å²) in [4.78, 5) is 23.9. The maximum absolute atomic E-state index is 12.2.